The van der Waals surface area contributed by atoms with Crippen molar-refractivity contribution in [3.8, 4) is 0 Å². The lowest BCUT2D eigenvalue weighted by Crippen LogP contribution is -2.27. The van der Waals surface area contributed by atoms with Crippen molar-refractivity contribution >= 4 is 39.9 Å². The van der Waals surface area contributed by atoms with Gasteiger partial charge in [-0.05, 0) is 33.1 Å². The number of rotatable bonds is 0. The molecule has 88 valence electrons. The normalized spacial score (nSPS) is 26.9. The lowest BCUT2D eigenvalue weighted by atomic mass is 9.90. The zero-order valence-electron chi connectivity index (χ0n) is 8.50. The summed E-state index contributed by atoms with van der Waals surface area (Å²) in [5, 5.41) is 4.16. The summed E-state index contributed by atoms with van der Waals surface area (Å²) < 4.78 is 6.84. The molecule has 0 spiro atoms. The fraction of sp³-hybridized carbons (Fsp3) is 0.455. The van der Waals surface area contributed by atoms with E-state index in [0.717, 1.165) is 22.6 Å². The lowest BCUT2D eigenvalue weighted by Gasteiger charge is -2.29. The van der Waals surface area contributed by atoms with Crippen LogP contribution in [-0.4, -0.2) is 19.2 Å². The number of hydrogen-bond donors (Lipinski definition) is 1. The molecule has 2 heterocycles. The Morgan fingerprint density at radius 2 is 2.19 bits per heavy atom. The topological polar surface area (TPSA) is 21.3 Å². The van der Waals surface area contributed by atoms with E-state index in [1.807, 2.05) is 6.07 Å². The van der Waals surface area contributed by atoms with Gasteiger partial charge in [-0.1, -0.05) is 17.7 Å². The first-order chi connectivity index (χ1) is 7.27. The number of nitrogens with one attached hydrogen (secondary N) is 1. The van der Waals surface area contributed by atoms with Gasteiger partial charge >= 0.3 is 0 Å². The summed E-state index contributed by atoms with van der Waals surface area (Å²) in [6, 6.07) is 3.99. The van der Waals surface area contributed by atoms with E-state index in [2.05, 4.69) is 27.3 Å². The Labute approximate surface area is 114 Å². The van der Waals surface area contributed by atoms with E-state index in [0.29, 0.717) is 18.6 Å². The second-order valence-electron chi connectivity index (χ2n) is 4.05. The lowest BCUT2D eigenvalue weighted by molar-refractivity contribution is 0.0297. The van der Waals surface area contributed by atoms with E-state index in [1.165, 1.54) is 11.1 Å². The minimum atomic E-state index is 0. The molecule has 2 aliphatic rings. The Kier molecular flexibility index (Phi) is 3.82. The fourth-order valence-corrected chi connectivity index (χ4v) is 3.29. The maximum atomic E-state index is 6.13. The highest BCUT2D eigenvalue weighted by Gasteiger charge is 2.35. The molecule has 0 amide bonds. The van der Waals surface area contributed by atoms with Crippen molar-refractivity contribution in [3.05, 3.63) is 32.8 Å². The molecule has 1 fully saturated rings. The van der Waals surface area contributed by atoms with Crippen LogP contribution in [0, 0.1) is 0 Å². The molecule has 0 aromatic heterocycles. The molecule has 0 radical (unpaired) electrons. The van der Waals surface area contributed by atoms with Crippen LogP contribution in [0.3, 0.4) is 0 Å². The first-order valence-corrected chi connectivity index (χ1v) is 6.23. The van der Waals surface area contributed by atoms with E-state index in [4.69, 9.17) is 16.3 Å². The average molecular weight is 325 g/mol. The van der Waals surface area contributed by atoms with Crippen LogP contribution in [0.4, 0.5) is 0 Å². The summed E-state index contributed by atoms with van der Waals surface area (Å²) in [4.78, 5) is 0. The van der Waals surface area contributed by atoms with Gasteiger partial charge in [0.25, 0.3) is 0 Å². The molecule has 1 saturated heterocycles. The third kappa shape index (κ3) is 1.89. The Morgan fingerprint density at radius 3 is 3.00 bits per heavy atom. The van der Waals surface area contributed by atoms with Crippen LogP contribution in [0.5, 0.6) is 0 Å². The second kappa shape index (κ2) is 4.83. The molecule has 2 atom stereocenters. The maximum Gasteiger partial charge on any atom is 0.0785 e. The van der Waals surface area contributed by atoms with Crippen LogP contribution in [0.15, 0.2) is 16.6 Å². The van der Waals surface area contributed by atoms with Crippen molar-refractivity contribution < 1.29 is 4.74 Å². The van der Waals surface area contributed by atoms with E-state index >= 15 is 0 Å². The predicted molar refractivity (Wildman–Crippen MR) is 70.6 cm³/mol. The second-order valence-corrected chi connectivity index (χ2v) is 5.25. The van der Waals surface area contributed by atoms with E-state index < -0.39 is 0 Å². The van der Waals surface area contributed by atoms with Crippen LogP contribution in [-0.2, 0) is 11.3 Å². The number of hydrogen-bond acceptors (Lipinski definition) is 2. The van der Waals surface area contributed by atoms with Crippen LogP contribution >= 0.6 is 39.9 Å². The Bertz CT molecular complexity index is 413. The van der Waals surface area contributed by atoms with Crippen molar-refractivity contribution in [2.45, 2.75) is 18.6 Å². The monoisotopic (exact) mass is 323 g/mol. The van der Waals surface area contributed by atoms with Gasteiger partial charge in [-0.15, -0.1) is 12.4 Å². The Morgan fingerprint density at radius 1 is 1.38 bits per heavy atom. The van der Waals surface area contributed by atoms with Gasteiger partial charge in [-0.25, -0.2) is 0 Å². The summed E-state index contributed by atoms with van der Waals surface area (Å²) in [7, 11) is 0. The fourth-order valence-electron chi connectivity index (χ4n) is 2.45. The van der Waals surface area contributed by atoms with Crippen molar-refractivity contribution in [3.63, 3.8) is 0 Å². The molecular weight excluding hydrogens is 313 g/mol. The summed E-state index contributed by atoms with van der Waals surface area (Å²) in [6.45, 7) is 2.63. The maximum absolute atomic E-state index is 6.13. The number of benzene rings is 1. The summed E-state index contributed by atoms with van der Waals surface area (Å²) in [6.07, 6.45) is 0.312. The minimum absolute atomic E-state index is 0. The molecule has 3 rings (SSSR count). The standard InChI is InChI=1S/C11H11BrClNO.ClH/c12-11-8(13)2-1-6-5-15-9-4-14-3-7(9)10(6)11;/h1-2,7,9,14H,3-5H2;1H/t7-,9+;/m1./s1. The number of halogens is 3. The molecule has 0 unspecified atom stereocenters. The van der Waals surface area contributed by atoms with Crippen molar-refractivity contribution in [1.29, 1.82) is 0 Å². The number of ether oxygens (including phenoxy) is 1. The van der Waals surface area contributed by atoms with Gasteiger partial charge in [0, 0.05) is 23.5 Å². The van der Waals surface area contributed by atoms with Gasteiger partial charge in [-0.3, -0.25) is 0 Å². The number of fused-ring (bicyclic) bond motifs is 3. The quantitative estimate of drug-likeness (QED) is 0.791. The van der Waals surface area contributed by atoms with Crippen LogP contribution in [0.2, 0.25) is 5.02 Å². The SMILES string of the molecule is Cl.Clc1ccc2c(c1Br)[C@@H]1CNC[C@@H]1OC2. The van der Waals surface area contributed by atoms with Gasteiger partial charge in [0.2, 0.25) is 0 Å². The molecule has 1 aromatic rings. The van der Waals surface area contributed by atoms with Gasteiger partial charge in [0.1, 0.15) is 0 Å². The molecule has 1 N–H and O–H groups in total. The molecule has 1 aromatic carbocycles. The van der Waals surface area contributed by atoms with Gasteiger partial charge in [-0.2, -0.15) is 0 Å². The molecule has 5 heteroatoms. The van der Waals surface area contributed by atoms with E-state index in [1.54, 1.807) is 0 Å². The largest absolute Gasteiger partial charge is 0.372 e. The van der Waals surface area contributed by atoms with E-state index in [-0.39, 0.29) is 12.4 Å². The Balaban J connectivity index is 0.000000963. The molecule has 0 saturated carbocycles. The zero-order valence-corrected chi connectivity index (χ0v) is 11.7. The average Bonchev–Trinajstić information content (AvgIpc) is 2.70. The summed E-state index contributed by atoms with van der Waals surface area (Å²) in [5.74, 6) is 0.446. The first kappa shape index (κ1) is 12.7. The van der Waals surface area contributed by atoms with Gasteiger partial charge in [0.05, 0.1) is 17.7 Å². The molecule has 2 nitrogen and oxygen atoms in total. The zero-order chi connectivity index (χ0) is 10.4. The minimum Gasteiger partial charge on any atom is -0.372 e. The third-order valence-electron chi connectivity index (χ3n) is 3.21. The molecule has 0 bridgehead atoms. The molecular formula is C11H12BrCl2NO. The Hall–Kier alpha value is 0.200. The van der Waals surface area contributed by atoms with Crippen molar-refractivity contribution in [1.82, 2.24) is 5.32 Å². The molecule has 2 aliphatic heterocycles. The molecule has 0 aliphatic carbocycles. The third-order valence-corrected chi connectivity index (χ3v) is 4.60. The smallest absolute Gasteiger partial charge is 0.0785 e. The summed E-state index contributed by atoms with van der Waals surface area (Å²) >= 11 is 9.72. The first-order valence-electron chi connectivity index (χ1n) is 5.06. The van der Waals surface area contributed by atoms with Crippen LogP contribution < -0.4 is 5.32 Å². The van der Waals surface area contributed by atoms with Crippen molar-refractivity contribution in [2.75, 3.05) is 13.1 Å². The van der Waals surface area contributed by atoms with Crippen LogP contribution in [0.1, 0.15) is 17.0 Å². The summed E-state index contributed by atoms with van der Waals surface area (Å²) in [5.41, 5.74) is 2.60. The van der Waals surface area contributed by atoms with E-state index in [9.17, 15) is 0 Å². The highest BCUT2D eigenvalue weighted by atomic mass is 79.9. The van der Waals surface area contributed by atoms with Gasteiger partial charge in [0.15, 0.2) is 0 Å². The highest BCUT2D eigenvalue weighted by Crippen LogP contribution is 2.40. The molecule has 16 heavy (non-hydrogen) atoms. The van der Waals surface area contributed by atoms with Crippen molar-refractivity contribution in [2.24, 2.45) is 0 Å². The van der Waals surface area contributed by atoms with Gasteiger partial charge < -0.3 is 10.1 Å². The predicted octanol–water partition coefficient (Wildman–Crippen LogP) is 3.11. The van der Waals surface area contributed by atoms with Crippen LogP contribution in [0.25, 0.3) is 0 Å². The highest BCUT2D eigenvalue weighted by molar-refractivity contribution is 9.10.